The van der Waals surface area contributed by atoms with Crippen LogP contribution >= 0.6 is 23.2 Å². The second kappa shape index (κ2) is 20.9. The van der Waals surface area contributed by atoms with Gasteiger partial charge in [-0.2, -0.15) is 20.5 Å². The summed E-state index contributed by atoms with van der Waals surface area (Å²) in [7, 11) is 0. The highest BCUT2D eigenvalue weighted by molar-refractivity contribution is 6.33. The summed E-state index contributed by atoms with van der Waals surface area (Å²) in [4.78, 5) is 22.3. The van der Waals surface area contributed by atoms with Crippen LogP contribution in [0.3, 0.4) is 0 Å². The molecule has 5 aromatic rings. The van der Waals surface area contributed by atoms with Gasteiger partial charge in [0, 0.05) is 59.0 Å². The van der Waals surface area contributed by atoms with E-state index in [-0.39, 0.29) is 47.2 Å². The van der Waals surface area contributed by atoms with Gasteiger partial charge in [0.1, 0.15) is 5.82 Å². The lowest BCUT2D eigenvalue weighted by Crippen LogP contribution is -2.49. The second-order valence-corrected chi connectivity index (χ2v) is 21.8. The second-order valence-electron chi connectivity index (χ2n) is 21.0. The summed E-state index contributed by atoms with van der Waals surface area (Å²) in [6.45, 7) is 15.2. The number of nitrogens with one attached hydrogen (secondary N) is 2. The quantitative estimate of drug-likeness (QED) is 0.0479. The van der Waals surface area contributed by atoms with E-state index in [0.29, 0.717) is 38.9 Å². The van der Waals surface area contributed by atoms with Crippen LogP contribution in [0.2, 0.25) is 10.0 Å². The van der Waals surface area contributed by atoms with E-state index in [0.717, 1.165) is 116 Å². The van der Waals surface area contributed by atoms with E-state index in [1.165, 1.54) is 17.5 Å². The van der Waals surface area contributed by atoms with E-state index < -0.39 is 0 Å². The van der Waals surface area contributed by atoms with Gasteiger partial charge in [-0.05, 0) is 145 Å². The molecule has 2 aromatic carbocycles. The van der Waals surface area contributed by atoms with Crippen LogP contribution in [0.25, 0.3) is 0 Å². The monoisotopic (exact) mass is 994 g/mol. The van der Waals surface area contributed by atoms with Crippen molar-refractivity contribution in [2.45, 2.75) is 154 Å². The number of rotatable bonds is 16. The molecule has 9 unspecified atom stereocenters. The molecule has 3 aromatic heterocycles. The van der Waals surface area contributed by atoms with Crippen LogP contribution in [0.4, 0.5) is 22.9 Å². The zero-order valence-corrected chi connectivity index (χ0v) is 43.2. The summed E-state index contributed by atoms with van der Waals surface area (Å²) in [5.74, 6) is 4.89. The molecule has 4 bridgehead atoms. The number of hydrogen-bond donors (Lipinski definition) is 3. The first-order valence-corrected chi connectivity index (χ1v) is 25.9. The van der Waals surface area contributed by atoms with Crippen molar-refractivity contribution in [1.29, 1.82) is 10.5 Å². The number of nitrogens with two attached hydrogens (primary N) is 1. The van der Waals surface area contributed by atoms with Gasteiger partial charge in [0.05, 0.1) is 62.4 Å². The predicted molar refractivity (Wildman–Crippen MR) is 279 cm³/mol. The molecule has 2 aliphatic heterocycles. The lowest BCUT2D eigenvalue weighted by atomic mass is 9.72. The van der Waals surface area contributed by atoms with Crippen molar-refractivity contribution in [3.8, 4) is 12.1 Å². The summed E-state index contributed by atoms with van der Waals surface area (Å²) in [6.07, 6.45) is 15.4. The Hall–Kier alpha value is -6.22. The fraction of sp³-hybridized carbons (Fsp3) is 0.491. The van der Waals surface area contributed by atoms with E-state index in [4.69, 9.17) is 57.9 Å². The molecule has 0 spiro atoms. The molecule has 14 nitrogen and oxygen atoms in total. The van der Waals surface area contributed by atoms with Gasteiger partial charge in [-0.3, -0.25) is 0 Å². The van der Waals surface area contributed by atoms with E-state index >= 15 is 0 Å². The third-order valence-electron chi connectivity index (χ3n) is 16.1. The van der Waals surface area contributed by atoms with Crippen LogP contribution in [0.5, 0.6) is 0 Å². The van der Waals surface area contributed by atoms with Crippen LogP contribution in [-0.2, 0) is 5.41 Å². The minimum atomic E-state index is -0.248. The molecule has 16 heteroatoms. The average molecular weight is 996 g/mol. The highest BCUT2D eigenvalue weighted by Crippen LogP contribution is 2.51. The van der Waals surface area contributed by atoms with E-state index in [1.807, 2.05) is 24.4 Å². The molecule has 0 amide bonds. The van der Waals surface area contributed by atoms with Gasteiger partial charge in [0.15, 0.2) is 11.6 Å². The number of fused-ring (bicyclic) bond motifs is 6. The number of hydrogen-bond acceptors (Lipinski definition) is 13. The lowest BCUT2D eigenvalue weighted by molar-refractivity contribution is 0.223. The van der Waals surface area contributed by atoms with E-state index in [9.17, 15) is 10.5 Å². The third-order valence-corrected chi connectivity index (χ3v) is 16.8. The number of halogens is 2. The molecule has 71 heavy (non-hydrogen) atoms. The standard InChI is InChI=1S/C55H64Cl2N12O2/c1-30(50-65-53(70-67-50)40-20-36-10-13-39(24-40)43(21-36)33(4)49(62-29-60)32(3)35(6)63-47-16-11-37(27-58)22-44(47)56)8-9-31(2)51-66-54(71-68-51)55(7)25-41-14-15-42(26-55)69(41)52-34(5)46(18-19-61-52)64-48-17-12-38(28-59)23-45(48)57/h11-12,16-20,22-23,29-32,35,39-43,63H,8-10,13-15,21,24-26H2,1-7H3,(H2,60,62)(H,61,64). The fourth-order valence-corrected chi connectivity index (χ4v) is 12.3. The van der Waals surface area contributed by atoms with Crippen LogP contribution in [0.1, 0.15) is 164 Å². The molecule has 3 aliphatic carbocycles. The number of aliphatic imine (C=N–C) groups is 1. The molecule has 5 aliphatic rings. The van der Waals surface area contributed by atoms with Gasteiger partial charge in [-0.25, -0.2) is 9.98 Å². The Morgan fingerprint density at radius 2 is 1.56 bits per heavy atom. The Kier molecular flexibility index (Phi) is 14.6. The smallest absolute Gasteiger partial charge is 0.233 e. The number of nitriles is 2. The minimum absolute atomic E-state index is 0.00424. The Bertz CT molecular complexity index is 2930. The number of pyridine rings is 1. The maximum absolute atomic E-state index is 9.30. The number of nitrogens with zero attached hydrogens (tertiary/aromatic N) is 9. The first-order valence-electron chi connectivity index (χ1n) is 25.2. The topological polar surface area (TPSA) is 204 Å². The highest BCUT2D eigenvalue weighted by Gasteiger charge is 2.50. The summed E-state index contributed by atoms with van der Waals surface area (Å²) >= 11 is 13.1. The van der Waals surface area contributed by atoms with Gasteiger partial charge in [0.2, 0.25) is 11.8 Å². The Morgan fingerprint density at radius 3 is 2.21 bits per heavy atom. The molecule has 4 N–H and O–H groups in total. The number of piperidine rings is 1. The molecule has 0 radical (unpaired) electrons. The van der Waals surface area contributed by atoms with Gasteiger partial charge in [-0.15, -0.1) is 0 Å². The van der Waals surface area contributed by atoms with E-state index in [1.54, 1.807) is 24.3 Å². The molecular weight excluding hydrogens is 932 g/mol. The Labute approximate surface area is 427 Å². The van der Waals surface area contributed by atoms with Crippen molar-refractivity contribution < 1.29 is 9.05 Å². The number of allylic oxidation sites excluding steroid dienone is 3. The van der Waals surface area contributed by atoms with Gasteiger partial charge in [-0.1, -0.05) is 72.9 Å². The van der Waals surface area contributed by atoms with Crippen LogP contribution in [0, 0.1) is 47.3 Å². The van der Waals surface area contributed by atoms with Gasteiger partial charge < -0.3 is 30.3 Å². The largest absolute Gasteiger partial charge is 0.390 e. The van der Waals surface area contributed by atoms with E-state index in [2.05, 4.69) is 92.5 Å². The summed E-state index contributed by atoms with van der Waals surface area (Å²) in [5.41, 5.74) is 14.0. The number of anilines is 4. The van der Waals surface area contributed by atoms with Crippen molar-refractivity contribution >= 4 is 52.4 Å². The Morgan fingerprint density at radius 1 is 0.915 bits per heavy atom. The molecule has 3 fully saturated rings. The van der Waals surface area contributed by atoms with Crippen molar-refractivity contribution in [2.75, 3.05) is 15.5 Å². The zero-order valence-electron chi connectivity index (χ0n) is 41.7. The Balaban J connectivity index is 0.804. The van der Waals surface area contributed by atoms with Crippen molar-refractivity contribution in [2.24, 2.45) is 28.5 Å². The first-order chi connectivity index (χ1) is 34.2. The first kappa shape index (κ1) is 49.7. The lowest BCUT2D eigenvalue weighted by Gasteiger charge is -2.44. The summed E-state index contributed by atoms with van der Waals surface area (Å²) < 4.78 is 12.2. The molecule has 5 heterocycles. The summed E-state index contributed by atoms with van der Waals surface area (Å²) in [5, 5.41) is 35.7. The maximum atomic E-state index is 9.30. The van der Waals surface area contributed by atoms with Crippen LogP contribution < -0.4 is 21.3 Å². The number of aromatic nitrogens is 5. The molecule has 370 valence electrons. The molecule has 2 saturated heterocycles. The van der Waals surface area contributed by atoms with Crippen molar-refractivity contribution in [1.82, 2.24) is 25.3 Å². The molecule has 9 atom stereocenters. The molecule has 10 rings (SSSR count). The average Bonchev–Trinajstić information content (AvgIpc) is 4.07. The van der Waals surface area contributed by atoms with Crippen LogP contribution in [0.15, 0.2) is 85.6 Å². The normalized spacial score (nSPS) is 24.9. The van der Waals surface area contributed by atoms with Crippen molar-refractivity contribution in [3.63, 3.8) is 0 Å². The van der Waals surface area contributed by atoms with Crippen molar-refractivity contribution in [3.05, 3.63) is 122 Å². The fourth-order valence-electron chi connectivity index (χ4n) is 11.9. The predicted octanol–water partition coefficient (Wildman–Crippen LogP) is 13.0. The highest BCUT2D eigenvalue weighted by atomic mass is 35.5. The van der Waals surface area contributed by atoms with Gasteiger partial charge in [0.25, 0.3) is 0 Å². The number of benzene rings is 2. The zero-order chi connectivity index (χ0) is 50.1. The SMILES string of the molecule is CC(=C(N=CN)C(C)C(C)Nc1ccc(C#N)cc1Cl)C1CC2=CC(c3nc(C(C)CCC(C)c4noc(C5(C)CC6CCC(C5)N6c5nccc(Nc6ccc(C#N)cc6Cl)c5C)n4)no3)CC1CC2. The minimum Gasteiger partial charge on any atom is -0.390 e. The molecule has 1 saturated carbocycles. The van der Waals surface area contributed by atoms with Gasteiger partial charge >= 0.3 is 0 Å². The third kappa shape index (κ3) is 10.3. The summed E-state index contributed by atoms with van der Waals surface area (Å²) in [6, 6.07) is 17.4. The maximum Gasteiger partial charge on any atom is 0.233 e. The molecular formula is C55H64Cl2N12O2. The van der Waals surface area contributed by atoms with Crippen LogP contribution in [-0.4, -0.2) is 49.7 Å².